The lowest BCUT2D eigenvalue weighted by molar-refractivity contribution is 0.212. The van der Waals surface area contributed by atoms with E-state index in [0.717, 1.165) is 5.56 Å². The quantitative estimate of drug-likeness (QED) is 0.904. The zero-order valence-corrected chi connectivity index (χ0v) is 10.4. The van der Waals surface area contributed by atoms with Crippen molar-refractivity contribution in [3.8, 4) is 11.8 Å². The van der Waals surface area contributed by atoms with Crippen molar-refractivity contribution in [2.45, 2.75) is 6.10 Å². The average molecular weight is 260 g/mol. The molecule has 5 nitrogen and oxygen atoms in total. The van der Waals surface area contributed by atoms with Gasteiger partial charge in [-0.3, -0.25) is 4.68 Å². The maximum absolute atomic E-state index is 13.5. The molecule has 2 aromatic rings. The minimum Gasteiger partial charge on any atom is -0.483 e. The Morgan fingerprint density at radius 1 is 1.58 bits per heavy atom. The van der Waals surface area contributed by atoms with E-state index in [1.807, 2.05) is 0 Å². The summed E-state index contributed by atoms with van der Waals surface area (Å²) in [7, 11) is 1.78. The fraction of sp³-hybridized carbons (Fsp3) is 0.231. The maximum Gasteiger partial charge on any atom is 0.144 e. The zero-order valence-electron chi connectivity index (χ0n) is 10.4. The summed E-state index contributed by atoms with van der Waals surface area (Å²) in [4.78, 5) is 0. The molecule has 19 heavy (non-hydrogen) atoms. The molecule has 0 spiro atoms. The molecule has 0 radical (unpaired) electrons. The van der Waals surface area contributed by atoms with Gasteiger partial charge in [-0.1, -0.05) is 6.07 Å². The average Bonchev–Trinajstić information content (AvgIpc) is 2.82. The summed E-state index contributed by atoms with van der Waals surface area (Å²) in [5.41, 5.74) is 6.31. The molecule has 1 unspecified atom stereocenters. The van der Waals surface area contributed by atoms with Gasteiger partial charge in [0.1, 0.15) is 29.3 Å². The van der Waals surface area contributed by atoms with Gasteiger partial charge in [0.2, 0.25) is 0 Å². The Kier molecular flexibility index (Phi) is 3.78. The summed E-state index contributed by atoms with van der Waals surface area (Å²) in [5, 5.41) is 13.0. The van der Waals surface area contributed by atoms with Crippen LogP contribution in [0.2, 0.25) is 0 Å². The first-order chi connectivity index (χ1) is 9.15. The molecule has 0 saturated carbocycles. The summed E-state index contributed by atoms with van der Waals surface area (Å²) in [6.45, 7) is 0.201. The van der Waals surface area contributed by atoms with Crippen LogP contribution in [0.25, 0.3) is 0 Å². The monoisotopic (exact) mass is 260 g/mol. The predicted octanol–water partition coefficient (Wildman–Crippen LogP) is 1.51. The molecule has 0 amide bonds. The van der Waals surface area contributed by atoms with E-state index in [4.69, 9.17) is 15.7 Å². The lowest BCUT2D eigenvalue weighted by Gasteiger charge is -2.16. The number of halogens is 1. The number of hydrogen-bond donors (Lipinski definition) is 1. The van der Waals surface area contributed by atoms with Crippen molar-refractivity contribution in [2.75, 3.05) is 6.54 Å². The van der Waals surface area contributed by atoms with Crippen LogP contribution in [0.15, 0.2) is 30.6 Å². The summed E-state index contributed by atoms with van der Waals surface area (Å²) in [6.07, 6.45) is 2.92. The highest BCUT2D eigenvalue weighted by atomic mass is 19.1. The molecule has 1 aromatic heterocycles. The Labute approximate surface area is 110 Å². The molecule has 2 rings (SSSR count). The van der Waals surface area contributed by atoms with Crippen LogP contribution >= 0.6 is 0 Å². The van der Waals surface area contributed by atoms with Gasteiger partial charge in [0, 0.05) is 25.4 Å². The molecule has 2 N–H and O–H groups in total. The highest BCUT2D eigenvalue weighted by Gasteiger charge is 2.17. The van der Waals surface area contributed by atoms with Crippen LogP contribution in [0.3, 0.4) is 0 Å². The van der Waals surface area contributed by atoms with Crippen molar-refractivity contribution in [3.05, 3.63) is 47.5 Å². The summed E-state index contributed by atoms with van der Waals surface area (Å²) in [5.74, 6) is -0.427. The summed E-state index contributed by atoms with van der Waals surface area (Å²) in [6, 6.07) is 6.03. The van der Waals surface area contributed by atoms with Gasteiger partial charge in [0.15, 0.2) is 0 Å². The third-order valence-electron chi connectivity index (χ3n) is 2.67. The Morgan fingerprint density at radius 3 is 2.95 bits per heavy atom. The SMILES string of the molecule is Cn1cc(C(CN)Oc2cccc(F)c2C#N)cn1. The van der Waals surface area contributed by atoms with Crippen LogP contribution in [0, 0.1) is 17.1 Å². The number of hydrogen-bond acceptors (Lipinski definition) is 4. The van der Waals surface area contributed by atoms with Crippen LogP contribution in [0.4, 0.5) is 4.39 Å². The molecular formula is C13H13FN4O. The molecule has 6 heteroatoms. The number of nitriles is 1. The molecule has 0 fully saturated rings. The highest BCUT2D eigenvalue weighted by Crippen LogP contribution is 2.26. The van der Waals surface area contributed by atoms with Crippen LogP contribution in [0.1, 0.15) is 17.2 Å². The van der Waals surface area contributed by atoms with E-state index >= 15 is 0 Å². The van der Waals surface area contributed by atoms with E-state index in [1.165, 1.54) is 12.1 Å². The number of nitrogens with two attached hydrogens (primary N) is 1. The van der Waals surface area contributed by atoms with Gasteiger partial charge in [-0.2, -0.15) is 10.4 Å². The Morgan fingerprint density at radius 2 is 2.37 bits per heavy atom. The van der Waals surface area contributed by atoms with E-state index in [9.17, 15) is 4.39 Å². The van der Waals surface area contributed by atoms with Gasteiger partial charge < -0.3 is 10.5 Å². The maximum atomic E-state index is 13.5. The molecule has 0 saturated heterocycles. The molecule has 0 bridgehead atoms. The summed E-state index contributed by atoms with van der Waals surface area (Å²) < 4.78 is 20.7. The van der Waals surface area contributed by atoms with Gasteiger partial charge in [0.25, 0.3) is 0 Å². The van der Waals surface area contributed by atoms with Gasteiger partial charge >= 0.3 is 0 Å². The summed E-state index contributed by atoms with van der Waals surface area (Å²) >= 11 is 0. The van der Waals surface area contributed by atoms with E-state index < -0.39 is 11.9 Å². The van der Waals surface area contributed by atoms with Gasteiger partial charge in [-0.15, -0.1) is 0 Å². The number of aryl methyl sites for hydroxylation is 1. The highest BCUT2D eigenvalue weighted by molar-refractivity contribution is 5.44. The van der Waals surface area contributed by atoms with Crippen LogP contribution in [-0.4, -0.2) is 16.3 Å². The normalized spacial score (nSPS) is 11.9. The third-order valence-corrected chi connectivity index (χ3v) is 2.67. The van der Waals surface area contributed by atoms with Crippen molar-refractivity contribution < 1.29 is 9.13 Å². The van der Waals surface area contributed by atoms with E-state index in [2.05, 4.69) is 5.10 Å². The van der Waals surface area contributed by atoms with E-state index in [-0.39, 0.29) is 17.9 Å². The van der Waals surface area contributed by atoms with Gasteiger partial charge in [-0.25, -0.2) is 4.39 Å². The van der Waals surface area contributed by atoms with Gasteiger partial charge in [0.05, 0.1) is 6.20 Å². The lowest BCUT2D eigenvalue weighted by atomic mass is 10.1. The zero-order chi connectivity index (χ0) is 13.8. The molecule has 98 valence electrons. The molecule has 0 aliphatic heterocycles. The molecular weight excluding hydrogens is 247 g/mol. The lowest BCUT2D eigenvalue weighted by Crippen LogP contribution is -2.18. The molecule has 1 aromatic carbocycles. The molecule has 0 aliphatic carbocycles. The van der Waals surface area contributed by atoms with Gasteiger partial charge in [-0.05, 0) is 12.1 Å². The number of rotatable bonds is 4. The van der Waals surface area contributed by atoms with Crippen molar-refractivity contribution in [1.29, 1.82) is 5.26 Å². The van der Waals surface area contributed by atoms with E-state index in [0.29, 0.717) is 0 Å². The van der Waals surface area contributed by atoms with Crippen LogP contribution in [-0.2, 0) is 7.05 Å². The first kappa shape index (κ1) is 13.1. The molecule has 0 aliphatic rings. The van der Waals surface area contributed by atoms with E-state index in [1.54, 1.807) is 36.3 Å². The number of benzene rings is 1. The van der Waals surface area contributed by atoms with Crippen molar-refractivity contribution in [3.63, 3.8) is 0 Å². The molecule has 1 atom stereocenters. The van der Waals surface area contributed by atoms with Crippen molar-refractivity contribution >= 4 is 0 Å². The second-order valence-electron chi connectivity index (χ2n) is 4.01. The van der Waals surface area contributed by atoms with Crippen molar-refractivity contribution in [2.24, 2.45) is 12.8 Å². The Bertz CT molecular complexity index is 617. The minimum atomic E-state index is -0.609. The largest absolute Gasteiger partial charge is 0.483 e. The first-order valence-electron chi connectivity index (χ1n) is 5.69. The predicted molar refractivity (Wildman–Crippen MR) is 66.7 cm³/mol. The number of nitrogens with zero attached hydrogens (tertiary/aromatic N) is 3. The second kappa shape index (κ2) is 5.50. The van der Waals surface area contributed by atoms with Crippen molar-refractivity contribution in [1.82, 2.24) is 9.78 Å². The fourth-order valence-electron chi connectivity index (χ4n) is 1.72. The topological polar surface area (TPSA) is 76.9 Å². The second-order valence-corrected chi connectivity index (χ2v) is 4.01. The molecule has 1 heterocycles. The number of aromatic nitrogens is 2. The fourth-order valence-corrected chi connectivity index (χ4v) is 1.72. The van der Waals surface area contributed by atoms with Crippen LogP contribution < -0.4 is 10.5 Å². The smallest absolute Gasteiger partial charge is 0.144 e. The Hall–Kier alpha value is -2.39. The Balaban J connectivity index is 2.29. The van der Waals surface area contributed by atoms with Crippen LogP contribution in [0.5, 0.6) is 5.75 Å². The number of ether oxygens (including phenoxy) is 1. The third kappa shape index (κ3) is 2.72. The minimum absolute atomic E-state index is 0.121. The standard InChI is InChI=1S/C13H13FN4O/c1-18-8-9(7-17-18)13(6-16)19-12-4-2-3-11(14)10(12)5-15/h2-4,7-8,13H,6,16H2,1H3. The first-order valence-corrected chi connectivity index (χ1v) is 5.69.